The van der Waals surface area contributed by atoms with Crippen LogP contribution in [0.25, 0.3) is 0 Å². The molecular weight excluding hydrogens is 232 g/mol. The predicted octanol–water partition coefficient (Wildman–Crippen LogP) is 0.542. The van der Waals surface area contributed by atoms with Crippen molar-refractivity contribution in [3.8, 4) is 5.75 Å². The lowest BCUT2D eigenvalue weighted by atomic mass is 10.1. The highest BCUT2D eigenvalue weighted by molar-refractivity contribution is 5.94. The Morgan fingerprint density at radius 3 is 2.83 bits per heavy atom. The highest BCUT2D eigenvalue weighted by Crippen LogP contribution is 2.20. The van der Waals surface area contributed by atoms with Crippen LogP contribution in [0.15, 0.2) is 24.3 Å². The van der Waals surface area contributed by atoms with Crippen molar-refractivity contribution in [1.29, 1.82) is 0 Å². The molecule has 0 aliphatic carbocycles. The first-order valence-electron chi connectivity index (χ1n) is 5.82. The summed E-state index contributed by atoms with van der Waals surface area (Å²) in [6.45, 7) is 2.18. The van der Waals surface area contributed by atoms with Crippen LogP contribution in [0.3, 0.4) is 0 Å². The molecule has 2 rings (SSSR count). The van der Waals surface area contributed by atoms with Crippen LogP contribution in [-0.2, 0) is 16.1 Å². The minimum Gasteiger partial charge on any atom is -0.496 e. The summed E-state index contributed by atoms with van der Waals surface area (Å²) in [5.41, 5.74) is 0.898. The Bertz CT molecular complexity index is 473. The van der Waals surface area contributed by atoms with Crippen LogP contribution in [0.5, 0.6) is 5.75 Å². The van der Waals surface area contributed by atoms with E-state index in [0.29, 0.717) is 6.54 Å². The minimum atomic E-state index is -0.457. The molecule has 1 unspecified atom stereocenters. The van der Waals surface area contributed by atoms with Crippen LogP contribution in [0, 0.1) is 0 Å². The third-order valence-corrected chi connectivity index (χ3v) is 2.95. The van der Waals surface area contributed by atoms with Crippen molar-refractivity contribution in [2.24, 2.45) is 0 Å². The number of rotatable bonds is 3. The Kier molecular flexibility index (Phi) is 3.50. The van der Waals surface area contributed by atoms with Gasteiger partial charge in [-0.3, -0.25) is 9.59 Å². The third kappa shape index (κ3) is 2.45. The zero-order chi connectivity index (χ0) is 13.1. The van der Waals surface area contributed by atoms with Gasteiger partial charge in [0.15, 0.2) is 0 Å². The van der Waals surface area contributed by atoms with E-state index in [1.807, 2.05) is 24.3 Å². The predicted molar refractivity (Wildman–Crippen MR) is 66.0 cm³/mol. The van der Waals surface area contributed by atoms with E-state index in [2.05, 4.69) is 5.32 Å². The number of piperazine rings is 1. The van der Waals surface area contributed by atoms with Gasteiger partial charge < -0.3 is 15.0 Å². The largest absolute Gasteiger partial charge is 0.496 e. The lowest BCUT2D eigenvalue weighted by molar-refractivity contribution is -0.144. The molecular formula is C13H16N2O3. The Morgan fingerprint density at radius 2 is 2.11 bits per heavy atom. The number of carbonyl (C=O) groups is 2. The molecule has 1 aliphatic rings. The van der Waals surface area contributed by atoms with E-state index >= 15 is 0 Å². The molecule has 1 atom stereocenters. The number of carbonyl (C=O) groups excluding carboxylic acids is 2. The fourth-order valence-corrected chi connectivity index (χ4v) is 2.05. The SMILES string of the molecule is COc1ccccc1CN1CC(=O)NC(C)C1=O. The second-order valence-electron chi connectivity index (χ2n) is 4.30. The van der Waals surface area contributed by atoms with Crippen molar-refractivity contribution in [3.05, 3.63) is 29.8 Å². The molecule has 0 aromatic heterocycles. The van der Waals surface area contributed by atoms with E-state index in [-0.39, 0.29) is 18.4 Å². The van der Waals surface area contributed by atoms with Crippen LogP contribution in [0.4, 0.5) is 0 Å². The third-order valence-electron chi connectivity index (χ3n) is 2.95. The van der Waals surface area contributed by atoms with Gasteiger partial charge in [0.05, 0.1) is 13.7 Å². The normalized spacial score (nSPS) is 19.7. The summed E-state index contributed by atoms with van der Waals surface area (Å²) in [6.07, 6.45) is 0. The van der Waals surface area contributed by atoms with E-state index in [0.717, 1.165) is 11.3 Å². The first kappa shape index (κ1) is 12.4. The summed E-state index contributed by atoms with van der Waals surface area (Å²) in [4.78, 5) is 24.9. The van der Waals surface area contributed by atoms with Crippen LogP contribution in [-0.4, -0.2) is 36.4 Å². The van der Waals surface area contributed by atoms with Gasteiger partial charge in [0.1, 0.15) is 11.8 Å². The van der Waals surface area contributed by atoms with E-state index in [1.165, 1.54) is 0 Å². The van der Waals surface area contributed by atoms with Crippen molar-refractivity contribution < 1.29 is 14.3 Å². The van der Waals surface area contributed by atoms with E-state index in [4.69, 9.17) is 4.74 Å². The molecule has 1 heterocycles. The van der Waals surface area contributed by atoms with Gasteiger partial charge in [0.2, 0.25) is 11.8 Å². The van der Waals surface area contributed by atoms with Gasteiger partial charge in [-0.05, 0) is 13.0 Å². The fraction of sp³-hybridized carbons (Fsp3) is 0.385. The standard InChI is InChI=1S/C13H16N2O3/c1-9-13(17)15(8-12(16)14-9)7-10-5-3-4-6-11(10)18-2/h3-6,9H,7-8H2,1-2H3,(H,14,16). The van der Waals surface area contributed by atoms with Gasteiger partial charge in [0.25, 0.3) is 0 Å². The molecule has 0 spiro atoms. The van der Waals surface area contributed by atoms with Gasteiger partial charge in [-0.15, -0.1) is 0 Å². The van der Waals surface area contributed by atoms with Crippen LogP contribution >= 0.6 is 0 Å². The molecule has 2 amide bonds. The fourth-order valence-electron chi connectivity index (χ4n) is 2.05. The molecule has 1 aliphatic heterocycles. The number of hydrogen-bond acceptors (Lipinski definition) is 3. The number of hydrogen-bond donors (Lipinski definition) is 1. The van der Waals surface area contributed by atoms with E-state index < -0.39 is 6.04 Å². The number of para-hydroxylation sites is 1. The molecule has 0 radical (unpaired) electrons. The highest BCUT2D eigenvalue weighted by atomic mass is 16.5. The van der Waals surface area contributed by atoms with Crippen molar-refractivity contribution in [3.63, 3.8) is 0 Å². The molecule has 96 valence electrons. The summed E-state index contributed by atoms with van der Waals surface area (Å²) in [5, 5.41) is 2.61. The quantitative estimate of drug-likeness (QED) is 0.849. The van der Waals surface area contributed by atoms with Crippen molar-refractivity contribution in [1.82, 2.24) is 10.2 Å². The number of nitrogens with zero attached hydrogens (tertiary/aromatic N) is 1. The molecule has 5 nitrogen and oxygen atoms in total. The molecule has 5 heteroatoms. The summed E-state index contributed by atoms with van der Waals surface area (Å²) >= 11 is 0. The second kappa shape index (κ2) is 5.08. The molecule has 1 N–H and O–H groups in total. The van der Waals surface area contributed by atoms with Crippen LogP contribution < -0.4 is 10.1 Å². The van der Waals surface area contributed by atoms with Crippen molar-refractivity contribution in [2.75, 3.05) is 13.7 Å². The Morgan fingerprint density at radius 1 is 1.39 bits per heavy atom. The molecule has 1 saturated heterocycles. The van der Waals surface area contributed by atoms with Gasteiger partial charge in [0, 0.05) is 12.1 Å². The zero-order valence-corrected chi connectivity index (χ0v) is 10.5. The minimum absolute atomic E-state index is 0.0690. The maximum atomic E-state index is 11.9. The van der Waals surface area contributed by atoms with Crippen LogP contribution in [0.2, 0.25) is 0 Å². The maximum absolute atomic E-state index is 11.9. The highest BCUT2D eigenvalue weighted by Gasteiger charge is 2.29. The number of nitrogens with one attached hydrogen (secondary N) is 1. The van der Waals surface area contributed by atoms with Gasteiger partial charge >= 0.3 is 0 Å². The van der Waals surface area contributed by atoms with Gasteiger partial charge in [-0.25, -0.2) is 0 Å². The summed E-state index contributed by atoms with van der Waals surface area (Å²) in [6, 6.07) is 7.03. The monoisotopic (exact) mass is 248 g/mol. The molecule has 0 saturated carbocycles. The first-order chi connectivity index (χ1) is 8.61. The number of ether oxygens (including phenoxy) is 1. The van der Waals surface area contributed by atoms with Crippen LogP contribution in [0.1, 0.15) is 12.5 Å². The molecule has 0 bridgehead atoms. The lowest BCUT2D eigenvalue weighted by Crippen LogP contribution is -2.56. The topological polar surface area (TPSA) is 58.6 Å². The molecule has 1 aromatic rings. The number of methoxy groups -OCH3 is 1. The number of benzene rings is 1. The van der Waals surface area contributed by atoms with Gasteiger partial charge in [-0.1, -0.05) is 18.2 Å². The Labute approximate surface area is 106 Å². The maximum Gasteiger partial charge on any atom is 0.245 e. The van der Waals surface area contributed by atoms with E-state index in [1.54, 1.807) is 18.9 Å². The smallest absolute Gasteiger partial charge is 0.245 e. The Balaban J connectivity index is 2.17. The average molecular weight is 248 g/mol. The molecule has 18 heavy (non-hydrogen) atoms. The first-order valence-corrected chi connectivity index (χ1v) is 5.82. The van der Waals surface area contributed by atoms with E-state index in [9.17, 15) is 9.59 Å². The van der Waals surface area contributed by atoms with Gasteiger partial charge in [-0.2, -0.15) is 0 Å². The molecule has 1 aromatic carbocycles. The van der Waals surface area contributed by atoms with Crippen molar-refractivity contribution >= 4 is 11.8 Å². The molecule has 1 fully saturated rings. The summed E-state index contributed by atoms with van der Waals surface area (Å²) < 4.78 is 5.24. The average Bonchev–Trinajstić information content (AvgIpc) is 2.36. The zero-order valence-electron chi connectivity index (χ0n) is 10.5. The summed E-state index contributed by atoms with van der Waals surface area (Å²) in [7, 11) is 1.59. The second-order valence-corrected chi connectivity index (χ2v) is 4.30. The summed E-state index contributed by atoms with van der Waals surface area (Å²) in [5.74, 6) is 0.529. The number of amides is 2. The Hall–Kier alpha value is -2.04. The van der Waals surface area contributed by atoms with Crippen molar-refractivity contribution in [2.45, 2.75) is 19.5 Å². The lowest BCUT2D eigenvalue weighted by Gasteiger charge is -2.31.